The van der Waals surface area contributed by atoms with E-state index >= 15 is 0 Å². The molecule has 90 valence electrons. The van der Waals surface area contributed by atoms with Crippen LogP contribution in [0.2, 0.25) is 0 Å². The van der Waals surface area contributed by atoms with E-state index in [4.69, 9.17) is 5.84 Å². The molecule has 0 bridgehead atoms. The predicted octanol–water partition coefficient (Wildman–Crippen LogP) is 1.13. The topological polar surface area (TPSA) is 81.7 Å². The number of nitrogens with zero attached hydrogens (tertiary/aromatic N) is 4. The van der Waals surface area contributed by atoms with Crippen LogP contribution in [0.3, 0.4) is 0 Å². The molecule has 0 aromatic carbocycles. The third-order valence-electron chi connectivity index (χ3n) is 2.81. The summed E-state index contributed by atoms with van der Waals surface area (Å²) < 4.78 is 1.81. The number of aryl methyl sites for hydroxylation is 1. The molecule has 0 fully saturated rings. The van der Waals surface area contributed by atoms with Gasteiger partial charge in [-0.3, -0.25) is 0 Å². The molecule has 0 atom stereocenters. The maximum Gasteiger partial charge on any atom is 0.176 e. The highest BCUT2D eigenvalue weighted by Gasteiger charge is 2.11. The lowest BCUT2D eigenvalue weighted by molar-refractivity contribution is 0.781. The van der Waals surface area contributed by atoms with Gasteiger partial charge in [0.2, 0.25) is 0 Å². The molecule has 3 N–H and O–H groups in total. The summed E-state index contributed by atoms with van der Waals surface area (Å²) in [5.41, 5.74) is 5.84. The molecule has 2 aromatic rings. The molecular formula is C11H16N6. The quantitative estimate of drug-likeness (QED) is 0.612. The SMILES string of the molecule is CCc1c(C)nn(-c2ccc(NN)nn2)c1C. The Labute approximate surface area is 99.8 Å². The van der Waals surface area contributed by atoms with Crippen molar-refractivity contribution >= 4 is 5.82 Å². The second kappa shape index (κ2) is 4.50. The Hall–Kier alpha value is -1.95. The Morgan fingerprint density at radius 3 is 2.53 bits per heavy atom. The van der Waals surface area contributed by atoms with Gasteiger partial charge in [-0.15, -0.1) is 10.2 Å². The molecule has 6 nitrogen and oxygen atoms in total. The highest BCUT2D eigenvalue weighted by Crippen LogP contribution is 2.17. The van der Waals surface area contributed by atoms with Crippen LogP contribution >= 0.6 is 0 Å². The van der Waals surface area contributed by atoms with E-state index in [-0.39, 0.29) is 0 Å². The third-order valence-corrected chi connectivity index (χ3v) is 2.81. The van der Waals surface area contributed by atoms with Crippen molar-refractivity contribution in [2.75, 3.05) is 5.43 Å². The molecule has 0 radical (unpaired) electrons. The predicted molar refractivity (Wildman–Crippen MR) is 65.8 cm³/mol. The minimum Gasteiger partial charge on any atom is -0.307 e. The van der Waals surface area contributed by atoms with Crippen LogP contribution in [0.5, 0.6) is 0 Å². The number of nitrogens with one attached hydrogen (secondary N) is 1. The molecule has 0 saturated heterocycles. The third kappa shape index (κ3) is 1.99. The summed E-state index contributed by atoms with van der Waals surface area (Å²) >= 11 is 0. The van der Waals surface area contributed by atoms with Gasteiger partial charge in [0, 0.05) is 5.69 Å². The Morgan fingerprint density at radius 2 is 2.06 bits per heavy atom. The van der Waals surface area contributed by atoms with Crippen LogP contribution in [0.4, 0.5) is 5.82 Å². The van der Waals surface area contributed by atoms with Gasteiger partial charge < -0.3 is 5.43 Å². The molecular weight excluding hydrogens is 216 g/mol. The molecule has 0 amide bonds. The largest absolute Gasteiger partial charge is 0.307 e. The molecule has 0 saturated carbocycles. The van der Waals surface area contributed by atoms with E-state index in [0.29, 0.717) is 11.6 Å². The van der Waals surface area contributed by atoms with Crippen molar-refractivity contribution in [3.05, 3.63) is 29.1 Å². The Balaban J connectivity index is 2.45. The monoisotopic (exact) mass is 232 g/mol. The second-order valence-electron chi connectivity index (χ2n) is 3.84. The molecule has 2 rings (SSSR count). The van der Waals surface area contributed by atoms with Gasteiger partial charge in [0.15, 0.2) is 11.6 Å². The van der Waals surface area contributed by atoms with E-state index in [9.17, 15) is 0 Å². The lowest BCUT2D eigenvalue weighted by Gasteiger charge is -2.04. The van der Waals surface area contributed by atoms with Crippen LogP contribution in [0, 0.1) is 13.8 Å². The summed E-state index contributed by atoms with van der Waals surface area (Å²) in [6.07, 6.45) is 0.966. The minimum absolute atomic E-state index is 0.533. The Bertz CT molecular complexity index is 514. The van der Waals surface area contributed by atoms with Crippen molar-refractivity contribution in [1.29, 1.82) is 0 Å². The summed E-state index contributed by atoms with van der Waals surface area (Å²) in [5, 5.41) is 12.5. The molecule has 2 heterocycles. The summed E-state index contributed by atoms with van der Waals surface area (Å²) in [7, 11) is 0. The average molecular weight is 232 g/mol. The molecule has 0 spiro atoms. The van der Waals surface area contributed by atoms with Crippen LogP contribution in [-0.2, 0) is 6.42 Å². The first-order valence-electron chi connectivity index (χ1n) is 5.53. The zero-order valence-electron chi connectivity index (χ0n) is 10.2. The standard InChI is InChI=1S/C11H16N6/c1-4-9-7(2)16-17(8(9)3)11-6-5-10(13-12)14-15-11/h5-6H,4,12H2,1-3H3,(H,13,14). The van der Waals surface area contributed by atoms with Crippen molar-refractivity contribution in [3.8, 4) is 5.82 Å². The summed E-state index contributed by atoms with van der Waals surface area (Å²) in [5.74, 6) is 6.48. The van der Waals surface area contributed by atoms with Gasteiger partial charge in [-0.1, -0.05) is 6.92 Å². The molecule has 0 aliphatic rings. The fourth-order valence-corrected chi connectivity index (χ4v) is 1.92. The minimum atomic E-state index is 0.533. The highest BCUT2D eigenvalue weighted by molar-refractivity contribution is 5.37. The van der Waals surface area contributed by atoms with Crippen molar-refractivity contribution in [3.63, 3.8) is 0 Å². The van der Waals surface area contributed by atoms with Crippen LogP contribution in [0.15, 0.2) is 12.1 Å². The first-order chi connectivity index (χ1) is 8.17. The van der Waals surface area contributed by atoms with E-state index < -0.39 is 0 Å². The van der Waals surface area contributed by atoms with Crippen molar-refractivity contribution < 1.29 is 0 Å². The number of anilines is 1. The number of nitrogen functional groups attached to an aromatic ring is 1. The first-order valence-corrected chi connectivity index (χ1v) is 5.53. The van der Waals surface area contributed by atoms with Gasteiger partial charge in [-0.25, -0.2) is 10.5 Å². The van der Waals surface area contributed by atoms with Gasteiger partial charge in [0.1, 0.15) is 0 Å². The van der Waals surface area contributed by atoms with Crippen LogP contribution < -0.4 is 11.3 Å². The van der Waals surface area contributed by atoms with Gasteiger partial charge in [0.25, 0.3) is 0 Å². The highest BCUT2D eigenvalue weighted by atomic mass is 15.4. The molecule has 6 heteroatoms. The van der Waals surface area contributed by atoms with Crippen molar-refractivity contribution in [2.45, 2.75) is 27.2 Å². The number of hydrogen-bond donors (Lipinski definition) is 2. The molecule has 0 aliphatic carbocycles. The summed E-state index contributed by atoms with van der Waals surface area (Å²) in [4.78, 5) is 0. The average Bonchev–Trinajstić information content (AvgIpc) is 2.64. The Morgan fingerprint density at radius 1 is 1.29 bits per heavy atom. The van der Waals surface area contributed by atoms with Gasteiger partial charge in [-0.2, -0.15) is 5.10 Å². The first kappa shape index (κ1) is 11.5. The fraction of sp³-hybridized carbons (Fsp3) is 0.364. The number of aromatic nitrogens is 4. The maximum absolute atomic E-state index is 5.24. The summed E-state index contributed by atoms with van der Waals surface area (Å²) in [6.45, 7) is 6.16. The molecule has 0 unspecified atom stereocenters. The number of nitrogens with two attached hydrogens (primary N) is 1. The molecule has 17 heavy (non-hydrogen) atoms. The number of hydrogen-bond acceptors (Lipinski definition) is 5. The summed E-state index contributed by atoms with van der Waals surface area (Å²) in [6, 6.07) is 3.60. The molecule has 2 aromatic heterocycles. The van der Waals surface area contributed by atoms with Crippen molar-refractivity contribution in [1.82, 2.24) is 20.0 Å². The van der Waals surface area contributed by atoms with Crippen molar-refractivity contribution in [2.24, 2.45) is 5.84 Å². The van der Waals surface area contributed by atoms with E-state index in [1.165, 1.54) is 5.56 Å². The lowest BCUT2D eigenvalue weighted by atomic mass is 10.1. The van der Waals surface area contributed by atoms with E-state index in [2.05, 4.69) is 27.6 Å². The van der Waals surface area contributed by atoms with Crippen LogP contribution in [-0.4, -0.2) is 20.0 Å². The van der Waals surface area contributed by atoms with Gasteiger partial charge in [-0.05, 0) is 38.0 Å². The zero-order chi connectivity index (χ0) is 12.4. The second-order valence-corrected chi connectivity index (χ2v) is 3.84. The van der Waals surface area contributed by atoms with E-state index in [1.54, 1.807) is 6.07 Å². The van der Waals surface area contributed by atoms with E-state index in [1.807, 2.05) is 24.6 Å². The molecule has 0 aliphatic heterocycles. The smallest absolute Gasteiger partial charge is 0.176 e. The Kier molecular flexibility index (Phi) is 3.06. The van der Waals surface area contributed by atoms with E-state index in [0.717, 1.165) is 17.8 Å². The number of rotatable bonds is 3. The maximum atomic E-state index is 5.24. The zero-order valence-corrected chi connectivity index (χ0v) is 10.2. The van der Waals surface area contributed by atoms with Crippen LogP contribution in [0.25, 0.3) is 5.82 Å². The van der Waals surface area contributed by atoms with Crippen LogP contribution in [0.1, 0.15) is 23.9 Å². The van der Waals surface area contributed by atoms with Gasteiger partial charge >= 0.3 is 0 Å². The fourth-order valence-electron chi connectivity index (χ4n) is 1.92. The lowest BCUT2D eigenvalue weighted by Crippen LogP contribution is -2.10. The van der Waals surface area contributed by atoms with Gasteiger partial charge in [0.05, 0.1) is 5.69 Å². The number of hydrazine groups is 1. The normalized spacial score (nSPS) is 10.6.